The van der Waals surface area contributed by atoms with E-state index in [1.165, 1.54) is 12.1 Å². The topological polar surface area (TPSA) is 96.0 Å². The van der Waals surface area contributed by atoms with Crippen LogP contribution in [0.25, 0.3) is 0 Å². The van der Waals surface area contributed by atoms with Gasteiger partial charge in [0, 0.05) is 12.6 Å². The van der Waals surface area contributed by atoms with Gasteiger partial charge in [-0.25, -0.2) is 13.1 Å². The molecule has 0 fully saturated rings. The highest BCUT2D eigenvalue weighted by molar-refractivity contribution is 7.89. The summed E-state index contributed by atoms with van der Waals surface area (Å²) in [5, 5.41) is 8.81. The van der Waals surface area contributed by atoms with Crippen LogP contribution in [0.4, 0.5) is 0 Å². The predicted molar refractivity (Wildman–Crippen MR) is 78.5 cm³/mol. The van der Waals surface area contributed by atoms with Crippen LogP contribution in [-0.2, 0) is 10.0 Å². The number of nitrogens with two attached hydrogens (primary N) is 1. The summed E-state index contributed by atoms with van der Waals surface area (Å²) in [7, 11) is -3.65. The number of hydrogen-bond donors (Lipinski definition) is 2. The van der Waals surface area contributed by atoms with E-state index >= 15 is 0 Å². The van der Waals surface area contributed by atoms with Crippen LogP contribution in [-0.4, -0.2) is 21.0 Å². The van der Waals surface area contributed by atoms with Crippen LogP contribution < -0.4 is 10.5 Å². The maximum absolute atomic E-state index is 12.4. The maximum atomic E-state index is 12.4. The summed E-state index contributed by atoms with van der Waals surface area (Å²) in [5.41, 5.74) is 6.36. The predicted octanol–water partition coefficient (Wildman–Crippen LogP) is 1.52. The number of hydrogen-bond acceptors (Lipinski definition) is 4. The molecule has 0 heterocycles. The van der Waals surface area contributed by atoms with Crippen molar-refractivity contribution in [2.75, 3.05) is 6.54 Å². The zero-order chi connectivity index (χ0) is 15.6. The Morgan fingerprint density at radius 3 is 2.40 bits per heavy atom. The van der Waals surface area contributed by atoms with E-state index in [0.717, 1.165) is 0 Å². The Balaban J connectivity index is 3.15. The van der Waals surface area contributed by atoms with Gasteiger partial charge in [-0.15, -0.1) is 0 Å². The first-order valence-corrected chi connectivity index (χ1v) is 7.83. The first kappa shape index (κ1) is 16.6. The third kappa shape index (κ3) is 3.79. The van der Waals surface area contributed by atoms with Crippen molar-refractivity contribution in [3.05, 3.63) is 29.3 Å². The van der Waals surface area contributed by atoms with Crippen molar-refractivity contribution < 1.29 is 8.42 Å². The van der Waals surface area contributed by atoms with Crippen LogP contribution in [0.1, 0.15) is 31.9 Å². The van der Waals surface area contributed by atoms with Crippen LogP contribution in [0.3, 0.4) is 0 Å². The normalized spacial score (nSPS) is 13.8. The molecule has 0 amide bonds. The molecule has 6 heteroatoms. The Kier molecular flexibility index (Phi) is 4.92. The first-order valence-electron chi connectivity index (χ1n) is 6.35. The minimum atomic E-state index is -3.65. The Morgan fingerprint density at radius 1 is 1.40 bits per heavy atom. The average Bonchev–Trinajstić information content (AvgIpc) is 2.34. The smallest absolute Gasteiger partial charge is 0.241 e. The molecule has 0 aliphatic rings. The fraction of sp³-hybridized carbons (Fsp3) is 0.500. The average molecular weight is 295 g/mol. The van der Waals surface area contributed by atoms with Gasteiger partial charge in [-0.05, 0) is 36.1 Å². The third-order valence-corrected chi connectivity index (χ3v) is 4.80. The second-order valence-electron chi connectivity index (χ2n) is 5.87. The molecule has 0 saturated carbocycles. The van der Waals surface area contributed by atoms with Gasteiger partial charge in [-0.3, -0.25) is 0 Å². The zero-order valence-corrected chi connectivity index (χ0v) is 13.1. The van der Waals surface area contributed by atoms with Crippen molar-refractivity contribution in [3.8, 4) is 6.07 Å². The van der Waals surface area contributed by atoms with Gasteiger partial charge in [0.05, 0.1) is 16.5 Å². The van der Waals surface area contributed by atoms with Crippen molar-refractivity contribution in [1.29, 1.82) is 5.26 Å². The zero-order valence-electron chi connectivity index (χ0n) is 12.3. The quantitative estimate of drug-likeness (QED) is 0.880. The summed E-state index contributed by atoms with van der Waals surface area (Å²) >= 11 is 0. The Labute approximate surface area is 120 Å². The number of aryl methyl sites for hydroxylation is 1. The number of nitrogens with one attached hydrogen (secondary N) is 1. The minimum absolute atomic E-state index is 0.180. The molecule has 0 aromatic heterocycles. The molecule has 0 aliphatic carbocycles. The van der Waals surface area contributed by atoms with E-state index < -0.39 is 10.0 Å². The maximum Gasteiger partial charge on any atom is 0.241 e. The van der Waals surface area contributed by atoms with Gasteiger partial charge in [0.2, 0.25) is 10.0 Å². The molecule has 0 aliphatic heterocycles. The lowest BCUT2D eigenvalue weighted by Crippen LogP contribution is -2.48. The molecular formula is C14H21N3O2S. The van der Waals surface area contributed by atoms with Gasteiger partial charge >= 0.3 is 0 Å². The van der Waals surface area contributed by atoms with Crippen molar-refractivity contribution in [2.45, 2.75) is 38.6 Å². The highest BCUT2D eigenvalue weighted by Gasteiger charge is 2.29. The number of nitrogens with zero attached hydrogens (tertiary/aromatic N) is 1. The van der Waals surface area contributed by atoms with Crippen LogP contribution in [0, 0.1) is 23.7 Å². The molecule has 1 unspecified atom stereocenters. The van der Waals surface area contributed by atoms with Gasteiger partial charge in [-0.1, -0.05) is 20.8 Å². The standard InChI is InChI=1S/C14H21N3O2S/c1-10-7-11(8-15)5-6-12(10)20(18,19)17-13(9-16)14(2,3)4/h5-7,13,17H,9,16H2,1-4H3. The highest BCUT2D eigenvalue weighted by Crippen LogP contribution is 2.22. The molecule has 110 valence electrons. The molecule has 0 radical (unpaired) electrons. The van der Waals surface area contributed by atoms with Crippen LogP contribution in [0.2, 0.25) is 0 Å². The van der Waals surface area contributed by atoms with Crippen LogP contribution >= 0.6 is 0 Å². The van der Waals surface area contributed by atoms with Gasteiger partial charge in [0.1, 0.15) is 0 Å². The lowest BCUT2D eigenvalue weighted by atomic mass is 9.88. The lowest BCUT2D eigenvalue weighted by Gasteiger charge is -2.30. The molecule has 0 saturated heterocycles. The summed E-state index contributed by atoms with van der Waals surface area (Å²) < 4.78 is 27.5. The Hall–Kier alpha value is -1.42. The van der Waals surface area contributed by atoms with E-state index in [2.05, 4.69) is 4.72 Å². The molecule has 0 bridgehead atoms. The fourth-order valence-corrected chi connectivity index (χ4v) is 3.53. The summed E-state index contributed by atoms with van der Waals surface area (Å²) in [4.78, 5) is 0.180. The minimum Gasteiger partial charge on any atom is -0.329 e. The number of benzene rings is 1. The molecule has 0 spiro atoms. The van der Waals surface area contributed by atoms with Crippen molar-refractivity contribution in [1.82, 2.24) is 4.72 Å². The number of rotatable bonds is 4. The van der Waals surface area contributed by atoms with E-state index in [9.17, 15) is 8.42 Å². The monoisotopic (exact) mass is 295 g/mol. The Morgan fingerprint density at radius 2 is 2.00 bits per heavy atom. The van der Waals surface area contributed by atoms with Crippen molar-refractivity contribution in [2.24, 2.45) is 11.1 Å². The van der Waals surface area contributed by atoms with Gasteiger partial charge < -0.3 is 5.73 Å². The molecule has 5 nitrogen and oxygen atoms in total. The molecule has 1 aromatic rings. The van der Waals surface area contributed by atoms with Gasteiger partial charge in [0.15, 0.2) is 0 Å². The van der Waals surface area contributed by atoms with E-state index in [-0.39, 0.29) is 22.9 Å². The van der Waals surface area contributed by atoms with E-state index in [1.807, 2.05) is 26.8 Å². The molecule has 1 aromatic carbocycles. The first-order chi connectivity index (χ1) is 9.11. The molecule has 1 rings (SSSR count). The van der Waals surface area contributed by atoms with Gasteiger partial charge in [0.25, 0.3) is 0 Å². The fourth-order valence-electron chi connectivity index (χ4n) is 1.85. The summed E-state index contributed by atoms with van der Waals surface area (Å²) in [6.07, 6.45) is 0. The Bertz CT molecular complexity index is 625. The summed E-state index contributed by atoms with van der Waals surface area (Å²) in [6.45, 7) is 7.68. The van der Waals surface area contributed by atoms with Crippen LogP contribution in [0.15, 0.2) is 23.1 Å². The SMILES string of the molecule is Cc1cc(C#N)ccc1S(=O)(=O)NC(CN)C(C)(C)C. The number of nitriles is 1. The largest absolute Gasteiger partial charge is 0.329 e. The summed E-state index contributed by atoms with van der Waals surface area (Å²) in [5.74, 6) is 0. The van der Waals surface area contributed by atoms with Gasteiger partial charge in [-0.2, -0.15) is 5.26 Å². The summed E-state index contributed by atoms with van der Waals surface area (Å²) in [6, 6.07) is 6.13. The molecular weight excluding hydrogens is 274 g/mol. The second kappa shape index (κ2) is 5.92. The number of sulfonamides is 1. The van der Waals surface area contributed by atoms with Crippen molar-refractivity contribution >= 4 is 10.0 Å². The van der Waals surface area contributed by atoms with E-state index in [0.29, 0.717) is 11.1 Å². The third-order valence-electron chi connectivity index (χ3n) is 3.17. The lowest BCUT2D eigenvalue weighted by molar-refractivity contribution is 0.304. The molecule has 20 heavy (non-hydrogen) atoms. The van der Waals surface area contributed by atoms with E-state index in [1.54, 1.807) is 13.0 Å². The van der Waals surface area contributed by atoms with E-state index in [4.69, 9.17) is 11.0 Å². The second-order valence-corrected chi connectivity index (χ2v) is 7.55. The van der Waals surface area contributed by atoms with Crippen molar-refractivity contribution in [3.63, 3.8) is 0 Å². The molecule has 3 N–H and O–H groups in total. The highest BCUT2D eigenvalue weighted by atomic mass is 32.2. The molecule has 1 atom stereocenters. The van der Waals surface area contributed by atoms with Crippen LogP contribution in [0.5, 0.6) is 0 Å².